The first-order valence-corrected chi connectivity index (χ1v) is 6.83. The molecule has 5 nitrogen and oxygen atoms in total. The Morgan fingerprint density at radius 3 is 2.61 bits per heavy atom. The maximum absolute atomic E-state index is 5.58. The monoisotopic (exact) mass is 253 g/mol. The molecule has 0 aromatic carbocycles. The molecule has 1 fully saturated rings. The first kappa shape index (κ1) is 13.3. The number of hydrogen-bond donors (Lipinski definition) is 1. The number of methoxy groups -OCH3 is 1. The Morgan fingerprint density at radius 2 is 2.00 bits per heavy atom. The highest BCUT2D eigenvalue weighted by molar-refractivity contribution is 5.20. The van der Waals surface area contributed by atoms with Gasteiger partial charge in [-0.3, -0.25) is 0 Å². The summed E-state index contributed by atoms with van der Waals surface area (Å²) in [5.41, 5.74) is 0. The van der Waals surface area contributed by atoms with Gasteiger partial charge in [0.2, 0.25) is 5.82 Å². The van der Waals surface area contributed by atoms with Crippen molar-refractivity contribution in [3.8, 4) is 0 Å². The third-order valence-corrected chi connectivity index (χ3v) is 3.44. The number of ether oxygens (including phenoxy) is 1. The standard InChI is InChI=1S/C13H23N3O2/c1-9(2)14-13-15-12(16-18-13)11(17-3)10-7-5-4-6-8-10/h9-11H,4-8H2,1-3H3,(H,14,15,16). The van der Waals surface area contributed by atoms with Gasteiger partial charge in [-0.25, -0.2) is 0 Å². The predicted octanol–water partition coefficient (Wildman–Crippen LogP) is 3.16. The van der Waals surface area contributed by atoms with Gasteiger partial charge in [-0.2, -0.15) is 4.98 Å². The molecule has 1 N–H and O–H groups in total. The largest absolute Gasteiger partial charge is 0.373 e. The van der Waals surface area contributed by atoms with Crippen LogP contribution in [0.2, 0.25) is 0 Å². The van der Waals surface area contributed by atoms with Crippen molar-refractivity contribution in [3.63, 3.8) is 0 Å². The van der Waals surface area contributed by atoms with Crippen LogP contribution in [0.15, 0.2) is 4.52 Å². The minimum absolute atomic E-state index is 0.0308. The molecule has 1 unspecified atom stereocenters. The second kappa shape index (κ2) is 6.18. The molecule has 1 saturated carbocycles. The molecule has 1 aromatic rings. The van der Waals surface area contributed by atoms with Gasteiger partial charge in [0.1, 0.15) is 6.10 Å². The van der Waals surface area contributed by atoms with E-state index in [1.54, 1.807) is 7.11 Å². The Morgan fingerprint density at radius 1 is 1.28 bits per heavy atom. The lowest BCUT2D eigenvalue weighted by atomic mass is 9.85. The highest BCUT2D eigenvalue weighted by atomic mass is 16.5. The van der Waals surface area contributed by atoms with Gasteiger partial charge in [-0.05, 0) is 32.6 Å². The normalized spacial score (nSPS) is 19.1. The highest BCUT2D eigenvalue weighted by Crippen LogP contribution is 2.35. The van der Waals surface area contributed by atoms with Gasteiger partial charge in [0.25, 0.3) is 0 Å². The fraction of sp³-hybridized carbons (Fsp3) is 0.846. The zero-order chi connectivity index (χ0) is 13.0. The molecule has 102 valence electrons. The first-order chi connectivity index (χ1) is 8.70. The van der Waals surface area contributed by atoms with Crippen LogP contribution >= 0.6 is 0 Å². The Kier molecular flexibility index (Phi) is 4.58. The van der Waals surface area contributed by atoms with Crippen LogP contribution in [0.4, 0.5) is 6.01 Å². The zero-order valence-electron chi connectivity index (χ0n) is 11.5. The van der Waals surface area contributed by atoms with Gasteiger partial charge in [-0.1, -0.05) is 24.4 Å². The number of nitrogens with zero attached hydrogens (tertiary/aromatic N) is 2. The molecular formula is C13H23N3O2. The van der Waals surface area contributed by atoms with Crippen molar-refractivity contribution in [2.45, 2.75) is 58.1 Å². The molecule has 0 radical (unpaired) electrons. The maximum atomic E-state index is 5.58. The lowest BCUT2D eigenvalue weighted by Gasteiger charge is -2.26. The molecule has 0 saturated heterocycles. The molecule has 0 bridgehead atoms. The molecule has 1 aromatic heterocycles. The van der Waals surface area contributed by atoms with Crippen LogP contribution in [-0.4, -0.2) is 23.3 Å². The molecule has 1 heterocycles. The van der Waals surface area contributed by atoms with Crippen molar-refractivity contribution >= 4 is 6.01 Å². The molecule has 0 spiro atoms. The zero-order valence-corrected chi connectivity index (χ0v) is 11.5. The second-order valence-electron chi connectivity index (χ2n) is 5.31. The van der Waals surface area contributed by atoms with Crippen molar-refractivity contribution in [2.24, 2.45) is 5.92 Å². The first-order valence-electron chi connectivity index (χ1n) is 6.83. The summed E-state index contributed by atoms with van der Waals surface area (Å²) in [4.78, 5) is 4.38. The van der Waals surface area contributed by atoms with Gasteiger partial charge >= 0.3 is 6.01 Å². The van der Waals surface area contributed by atoms with E-state index < -0.39 is 0 Å². The van der Waals surface area contributed by atoms with Gasteiger partial charge in [0, 0.05) is 13.2 Å². The molecule has 18 heavy (non-hydrogen) atoms. The van der Waals surface area contributed by atoms with Crippen LogP contribution in [0.3, 0.4) is 0 Å². The van der Waals surface area contributed by atoms with Gasteiger partial charge in [0.15, 0.2) is 0 Å². The van der Waals surface area contributed by atoms with E-state index in [-0.39, 0.29) is 12.1 Å². The van der Waals surface area contributed by atoms with E-state index in [0.29, 0.717) is 17.8 Å². The summed E-state index contributed by atoms with van der Waals surface area (Å²) in [6.45, 7) is 4.08. The van der Waals surface area contributed by atoms with E-state index >= 15 is 0 Å². The van der Waals surface area contributed by atoms with Crippen molar-refractivity contribution in [1.82, 2.24) is 10.1 Å². The van der Waals surface area contributed by atoms with Crippen LogP contribution in [0, 0.1) is 5.92 Å². The predicted molar refractivity (Wildman–Crippen MR) is 69.4 cm³/mol. The molecule has 1 aliphatic rings. The number of rotatable bonds is 5. The van der Waals surface area contributed by atoms with Crippen LogP contribution in [0.5, 0.6) is 0 Å². The number of aromatic nitrogens is 2. The fourth-order valence-corrected chi connectivity index (χ4v) is 2.60. The summed E-state index contributed by atoms with van der Waals surface area (Å²) >= 11 is 0. The number of nitrogens with one attached hydrogen (secondary N) is 1. The molecule has 5 heteroatoms. The van der Waals surface area contributed by atoms with Crippen LogP contribution < -0.4 is 5.32 Å². The minimum atomic E-state index is -0.0308. The molecular weight excluding hydrogens is 230 g/mol. The summed E-state index contributed by atoms with van der Waals surface area (Å²) in [7, 11) is 1.73. The lowest BCUT2D eigenvalue weighted by molar-refractivity contribution is 0.0274. The summed E-state index contributed by atoms with van der Waals surface area (Å²) in [6.07, 6.45) is 6.25. The molecule has 0 aliphatic heterocycles. The van der Waals surface area contributed by atoms with E-state index in [9.17, 15) is 0 Å². The van der Waals surface area contributed by atoms with Crippen molar-refractivity contribution in [3.05, 3.63) is 5.82 Å². The molecule has 1 atom stereocenters. The van der Waals surface area contributed by atoms with E-state index in [2.05, 4.69) is 15.5 Å². The molecule has 2 rings (SSSR count). The van der Waals surface area contributed by atoms with E-state index in [1.807, 2.05) is 13.8 Å². The van der Waals surface area contributed by atoms with Crippen molar-refractivity contribution in [1.29, 1.82) is 0 Å². The number of anilines is 1. The highest BCUT2D eigenvalue weighted by Gasteiger charge is 2.28. The van der Waals surface area contributed by atoms with Crippen molar-refractivity contribution < 1.29 is 9.26 Å². The van der Waals surface area contributed by atoms with Gasteiger partial charge in [-0.15, -0.1) is 0 Å². The molecule has 0 amide bonds. The third kappa shape index (κ3) is 3.22. The second-order valence-corrected chi connectivity index (χ2v) is 5.31. The Bertz CT molecular complexity index is 359. The van der Waals surface area contributed by atoms with Gasteiger partial charge in [0.05, 0.1) is 0 Å². The van der Waals surface area contributed by atoms with Crippen LogP contribution in [0.1, 0.15) is 57.9 Å². The van der Waals surface area contributed by atoms with Crippen LogP contribution in [0.25, 0.3) is 0 Å². The topological polar surface area (TPSA) is 60.2 Å². The number of hydrogen-bond acceptors (Lipinski definition) is 5. The van der Waals surface area contributed by atoms with Crippen molar-refractivity contribution in [2.75, 3.05) is 12.4 Å². The smallest absolute Gasteiger partial charge is 0.321 e. The van der Waals surface area contributed by atoms with Crippen LogP contribution in [-0.2, 0) is 4.74 Å². The quantitative estimate of drug-likeness (QED) is 0.873. The molecule has 1 aliphatic carbocycles. The van der Waals surface area contributed by atoms with E-state index in [1.165, 1.54) is 32.1 Å². The average Bonchev–Trinajstić information content (AvgIpc) is 2.79. The minimum Gasteiger partial charge on any atom is -0.373 e. The SMILES string of the molecule is COC(c1noc(NC(C)C)n1)C1CCCCC1. The Hall–Kier alpha value is -1.10. The summed E-state index contributed by atoms with van der Waals surface area (Å²) in [5, 5.41) is 7.15. The summed E-state index contributed by atoms with van der Waals surface area (Å²) < 4.78 is 10.8. The Balaban J connectivity index is 2.04. The van der Waals surface area contributed by atoms with E-state index in [0.717, 1.165) is 0 Å². The lowest BCUT2D eigenvalue weighted by Crippen LogP contribution is -2.19. The maximum Gasteiger partial charge on any atom is 0.321 e. The van der Waals surface area contributed by atoms with E-state index in [4.69, 9.17) is 9.26 Å². The Labute approximate surface area is 108 Å². The summed E-state index contributed by atoms with van der Waals surface area (Å²) in [5.74, 6) is 1.20. The average molecular weight is 253 g/mol. The van der Waals surface area contributed by atoms with Gasteiger partial charge < -0.3 is 14.6 Å². The summed E-state index contributed by atoms with van der Waals surface area (Å²) in [6, 6.07) is 0.770. The fourth-order valence-electron chi connectivity index (χ4n) is 2.60. The third-order valence-electron chi connectivity index (χ3n) is 3.44.